The first-order valence-corrected chi connectivity index (χ1v) is 5.61. The van der Waals surface area contributed by atoms with Gasteiger partial charge in [-0.15, -0.1) is 0 Å². The van der Waals surface area contributed by atoms with Gasteiger partial charge in [-0.2, -0.15) is 0 Å². The van der Waals surface area contributed by atoms with E-state index in [0.29, 0.717) is 12.1 Å². The van der Waals surface area contributed by atoms with E-state index in [1.165, 1.54) is 0 Å². The Morgan fingerprint density at radius 3 is 2.53 bits per heavy atom. The molecule has 0 fully saturated rings. The van der Waals surface area contributed by atoms with E-state index in [1.54, 1.807) is 6.20 Å². The number of hydrogen-bond acceptors (Lipinski definition) is 2. The summed E-state index contributed by atoms with van der Waals surface area (Å²) in [6.45, 7) is 2.54. The van der Waals surface area contributed by atoms with Crippen molar-refractivity contribution in [3.05, 3.63) is 54.2 Å². The number of benzene rings is 1. The Balaban J connectivity index is 2.22. The Kier molecular flexibility index (Phi) is 3.50. The molecule has 3 nitrogen and oxygen atoms in total. The van der Waals surface area contributed by atoms with Crippen molar-refractivity contribution in [3.63, 3.8) is 0 Å². The summed E-state index contributed by atoms with van der Waals surface area (Å²) in [6, 6.07) is 13.2. The average Bonchev–Trinajstić information content (AvgIpc) is 2.40. The minimum atomic E-state index is -0.0416. The summed E-state index contributed by atoms with van der Waals surface area (Å²) in [5.41, 5.74) is 2.60. The van der Waals surface area contributed by atoms with E-state index < -0.39 is 0 Å². The summed E-state index contributed by atoms with van der Waals surface area (Å²) >= 11 is 0. The van der Waals surface area contributed by atoms with Crippen molar-refractivity contribution in [3.8, 4) is 11.3 Å². The van der Waals surface area contributed by atoms with Crippen LogP contribution in [0.25, 0.3) is 11.3 Å². The zero-order chi connectivity index (χ0) is 12.1. The van der Waals surface area contributed by atoms with Gasteiger partial charge in [0, 0.05) is 23.9 Å². The number of carbonyl (C=O) groups is 1. The minimum absolute atomic E-state index is 0.0416. The standard InChI is InChI=1S/C14H14N2O/c1-2-15-14(17)12-8-6-11(7-9-12)13-5-3-4-10-16-13/h3-10H,2H2,1H3,(H,15,17). The number of nitrogens with one attached hydrogen (secondary N) is 1. The maximum Gasteiger partial charge on any atom is 0.251 e. The lowest BCUT2D eigenvalue weighted by Crippen LogP contribution is -2.22. The highest BCUT2D eigenvalue weighted by molar-refractivity contribution is 5.94. The number of carbonyl (C=O) groups excluding carboxylic acids is 1. The van der Waals surface area contributed by atoms with Gasteiger partial charge in [0.15, 0.2) is 0 Å². The summed E-state index contributed by atoms with van der Waals surface area (Å²) in [5.74, 6) is -0.0416. The molecular weight excluding hydrogens is 212 g/mol. The van der Waals surface area contributed by atoms with Crippen LogP contribution in [0.3, 0.4) is 0 Å². The molecule has 1 amide bonds. The van der Waals surface area contributed by atoms with Crippen LogP contribution >= 0.6 is 0 Å². The molecule has 0 bridgehead atoms. The molecule has 2 aromatic rings. The van der Waals surface area contributed by atoms with Gasteiger partial charge >= 0.3 is 0 Å². The number of pyridine rings is 1. The van der Waals surface area contributed by atoms with E-state index in [4.69, 9.17) is 0 Å². The number of hydrogen-bond donors (Lipinski definition) is 1. The number of rotatable bonds is 3. The van der Waals surface area contributed by atoms with Gasteiger partial charge in [0.25, 0.3) is 5.91 Å². The average molecular weight is 226 g/mol. The molecule has 0 aliphatic rings. The monoisotopic (exact) mass is 226 g/mol. The summed E-state index contributed by atoms with van der Waals surface area (Å²) in [5, 5.41) is 2.77. The maximum absolute atomic E-state index is 11.6. The molecule has 0 radical (unpaired) electrons. The molecular formula is C14H14N2O. The molecule has 1 aromatic carbocycles. The third-order valence-corrected chi connectivity index (χ3v) is 2.45. The third kappa shape index (κ3) is 2.69. The van der Waals surface area contributed by atoms with E-state index >= 15 is 0 Å². The van der Waals surface area contributed by atoms with Crippen LogP contribution in [0.4, 0.5) is 0 Å². The highest BCUT2D eigenvalue weighted by Crippen LogP contribution is 2.16. The maximum atomic E-state index is 11.6. The molecule has 17 heavy (non-hydrogen) atoms. The first-order valence-electron chi connectivity index (χ1n) is 5.61. The third-order valence-electron chi connectivity index (χ3n) is 2.45. The summed E-state index contributed by atoms with van der Waals surface area (Å²) in [4.78, 5) is 15.8. The molecule has 1 aromatic heterocycles. The van der Waals surface area contributed by atoms with E-state index in [2.05, 4.69) is 10.3 Å². The molecule has 0 saturated heterocycles. The molecule has 0 unspecified atom stereocenters. The van der Waals surface area contributed by atoms with Crippen LogP contribution in [-0.2, 0) is 0 Å². The zero-order valence-corrected chi connectivity index (χ0v) is 9.68. The van der Waals surface area contributed by atoms with Gasteiger partial charge in [-0.3, -0.25) is 9.78 Å². The van der Waals surface area contributed by atoms with Crippen LogP contribution in [0, 0.1) is 0 Å². The molecule has 1 heterocycles. The number of aromatic nitrogens is 1. The molecule has 0 aliphatic heterocycles. The van der Waals surface area contributed by atoms with Crippen LogP contribution < -0.4 is 5.32 Å². The van der Waals surface area contributed by atoms with Crippen molar-refractivity contribution in [1.29, 1.82) is 0 Å². The van der Waals surface area contributed by atoms with Crippen molar-refractivity contribution in [2.75, 3.05) is 6.54 Å². The first kappa shape index (κ1) is 11.3. The van der Waals surface area contributed by atoms with Crippen LogP contribution in [-0.4, -0.2) is 17.4 Å². The highest BCUT2D eigenvalue weighted by atomic mass is 16.1. The largest absolute Gasteiger partial charge is 0.352 e. The molecule has 86 valence electrons. The molecule has 2 rings (SSSR count). The second-order valence-corrected chi connectivity index (χ2v) is 3.65. The van der Waals surface area contributed by atoms with Crippen molar-refractivity contribution >= 4 is 5.91 Å². The van der Waals surface area contributed by atoms with Crippen LogP contribution in [0.2, 0.25) is 0 Å². The number of amides is 1. The van der Waals surface area contributed by atoms with Gasteiger partial charge < -0.3 is 5.32 Å². The Morgan fingerprint density at radius 1 is 1.18 bits per heavy atom. The summed E-state index contributed by atoms with van der Waals surface area (Å²) in [7, 11) is 0. The lowest BCUT2D eigenvalue weighted by Gasteiger charge is -2.04. The zero-order valence-electron chi connectivity index (χ0n) is 9.68. The molecule has 3 heteroatoms. The number of nitrogens with zero attached hydrogens (tertiary/aromatic N) is 1. The van der Waals surface area contributed by atoms with Crippen molar-refractivity contribution < 1.29 is 4.79 Å². The Hall–Kier alpha value is -2.16. The fourth-order valence-electron chi connectivity index (χ4n) is 1.59. The van der Waals surface area contributed by atoms with Crippen LogP contribution in [0.15, 0.2) is 48.7 Å². The Bertz CT molecular complexity index is 491. The predicted octanol–water partition coefficient (Wildman–Crippen LogP) is 2.50. The van der Waals surface area contributed by atoms with Gasteiger partial charge in [-0.25, -0.2) is 0 Å². The van der Waals surface area contributed by atoms with E-state index in [9.17, 15) is 4.79 Å². The first-order chi connectivity index (χ1) is 8.31. The van der Waals surface area contributed by atoms with Crippen molar-refractivity contribution in [1.82, 2.24) is 10.3 Å². The fraction of sp³-hybridized carbons (Fsp3) is 0.143. The van der Waals surface area contributed by atoms with Gasteiger partial charge in [0.1, 0.15) is 0 Å². The SMILES string of the molecule is CCNC(=O)c1ccc(-c2ccccn2)cc1. The molecule has 0 saturated carbocycles. The smallest absolute Gasteiger partial charge is 0.251 e. The quantitative estimate of drug-likeness (QED) is 0.873. The lowest BCUT2D eigenvalue weighted by atomic mass is 10.1. The van der Waals surface area contributed by atoms with Crippen molar-refractivity contribution in [2.24, 2.45) is 0 Å². The molecule has 0 spiro atoms. The minimum Gasteiger partial charge on any atom is -0.352 e. The van der Waals surface area contributed by atoms with Crippen molar-refractivity contribution in [2.45, 2.75) is 6.92 Å². The Morgan fingerprint density at radius 2 is 1.94 bits per heavy atom. The lowest BCUT2D eigenvalue weighted by molar-refractivity contribution is 0.0956. The molecule has 0 atom stereocenters. The van der Waals surface area contributed by atoms with Gasteiger partial charge in [0.2, 0.25) is 0 Å². The normalized spacial score (nSPS) is 9.94. The highest BCUT2D eigenvalue weighted by Gasteiger charge is 2.04. The molecule has 1 N–H and O–H groups in total. The summed E-state index contributed by atoms with van der Waals surface area (Å²) in [6.07, 6.45) is 1.76. The topological polar surface area (TPSA) is 42.0 Å². The van der Waals surface area contributed by atoms with Gasteiger partial charge in [-0.05, 0) is 31.2 Å². The van der Waals surface area contributed by atoms with Gasteiger partial charge in [0.05, 0.1) is 5.69 Å². The molecule has 0 aliphatic carbocycles. The predicted molar refractivity (Wildman–Crippen MR) is 67.7 cm³/mol. The van der Waals surface area contributed by atoms with E-state index in [0.717, 1.165) is 11.3 Å². The van der Waals surface area contributed by atoms with Gasteiger partial charge in [-0.1, -0.05) is 18.2 Å². The van der Waals surface area contributed by atoms with E-state index in [1.807, 2.05) is 49.4 Å². The second-order valence-electron chi connectivity index (χ2n) is 3.65. The second kappa shape index (κ2) is 5.25. The van der Waals surface area contributed by atoms with Crippen LogP contribution in [0.5, 0.6) is 0 Å². The van der Waals surface area contributed by atoms with E-state index in [-0.39, 0.29) is 5.91 Å². The fourth-order valence-corrected chi connectivity index (χ4v) is 1.59. The Labute approximate surface area is 101 Å². The summed E-state index contributed by atoms with van der Waals surface area (Å²) < 4.78 is 0. The van der Waals surface area contributed by atoms with Crippen LogP contribution in [0.1, 0.15) is 17.3 Å².